The smallest absolute Gasteiger partial charge is 0.0624 e. The Hall–Kier alpha value is -0.0400. The SMILES string of the molecule is CC1CCC2CCC1(C)C2O. The molecule has 2 aliphatic rings. The van der Waals surface area contributed by atoms with Gasteiger partial charge in [0.1, 0.15) is 0 Å². The quantitative estimate of drug-likeness (QED) is 0.567. The molecule has 1 N–H and O–H groups in total. The van der Waals surface area contributed by atoms with Crippen molar-refractivity contribution in [1.29, 1.82) is 0 Å². The second kappa shape index (κ2) is 2.22. The van der Waals surface area contributed by atoms with E-state index in [1.54, 1.807) is 0 Å². The third-order valence-corrected chi connectivity index (χ3v) is 4.27. The van der Waals surface area contributed by atoms with E-state index in [2.05, 4.69) is 13.8 Å². The fraction of sp³-hybridized carbons (Fsp3) is 1.00. The molecule has 11 heavy (non-hydrogen) atoms. The van der Waals surface area contributed by atoms with Gasteiger partial charge >= 0.3 is 0 Å². The van der Waals surface area contributed by atoms with Crippen LogP contribution >= 0.6 is 0 Å². The Kier molecular flexibility index (Phi) is 1.54. The van der Waals surface area contributed by atoms with Gasteiger partial charge in [0.2, 0.25) is 0 Å². The topological polar surface area (TPSA) is 20.2 Å². The van der Waals surface area contributed by atoms with Crippen LogP contribution in [0.2, 0.25) is 0 Å². The first-order chi connectivity index (χ1) is 5.14. The second-order valence-electron chi connectivity index (χ2n) is 4.73. The van der Waals surface area contributed by atoms with Crippen LogP contribution in [0.1, 0.15) is 39.5 Å². The number of fused-ring (bicyclic) bond motifs is 2. The molecule has 0 heterocycles. The van der Waals surface area contributed by atoms with E-state index in [9.17, 15) is 5.11 Å². The molecule has 0 spiro atoms. The van der Waals surface area contributed by atoms with Crippen LogP contribution in [0, 0.1) is 17.3 Å². The first kappa shape index (κ1) is 7.60. The number of hydrogen-bond donors (Lipinski definition) is 1. The van der Waals surface area contributed by atoms with Crippen molar-refractivity contribution < 1.29 is 5.11 Å². The number of hydrogen-bond acceptors (Lipinski definition) is 1. The minimum absolute atomic E-state index is 0.00579. The van der Waals surface area contributed by atoms with Crippen LogP contribution in [-0.2, 0) is 0 Å². The summed E-state index contributed by atoms with van der Waals surface area (Å²) < 4.78 is 0. The zero-order chi connectivity index (χ0) is 8.06. The maximum Gasteiger partial charge on any atom is 0.0624 e. The number of aliphatic hydroxyl groups excluding tert-OH is 1. The highest BCUT2D eigenvalue weighted by Gasteiger charge is 2.50. The summed E-state index contributed by atoms with van der Waals surface area (Å²) >= 11 is 0. The maximum atomic E-state index is 9.94. The van der Waals surface area contributed by atoms with Gasteiger partial charge in [-0.1, -0.05) is 13.8 Å². The fourth-order valence-corrected chi connectivity index (χ4v) is 2.97. The van der Waals surface area contributed by atoms with Crippen molar-refractivity contribution in [3.8, 4) is 0 Å². The molecule has 1 nitrogen and oxygen atoms in total. The predicted molar refractivity (Wildman–Crippen MR) is 45.2 cm³/mol. The third-order valence-electron chi connectivity index (χ3n) is 4.27. The van der Waals surface area contributed by atoms with Gasteiger partial charge < -0.3 is 5.11 Å². The molecule has 0 aromatic carbocycles. The van der Waals surface area contributed by atoms with Crippen molar-refractivity contribution in [1.82, 2.24) is 0 Å². The summed E-state index contributed by atoms with van der Waals surface area (Å²) in [6, 6.07) is 0. The van der Waals surface area contributed by atoms with Crippen molar-refractivity contribution in [3.05, 3.63) is 0 Å². The van der Waals surface area contributed by atoms with Gasteiger partial charge in [-0.25, -0.2) is 0 Å². The maximum absolute atomic E-state index is 9.94. The molecule has 0 aliphatic heterocycles. The second-order valence-corrected chi connectivity index (χ2v) is 4.73. The molecular formula is C10H18O. The van der Waals surface area contributed by atoms with Crippen molar-refractivity contribution in [3.63, 3.8) is 0 Å². The van der Waals surface area contributed by atoms with E-state index in [-0.39, 0.29) is 11.5 Å². The van der Waals surface area contributed by atoms with Gasteiger partial charge in [-0.15, -0.1) is 0 Å². The summed E-state index contributed by atoms with van der Waals surface area (Å²) in [6.45, 7) is 4.56. The van der Waals surface area contributed by atoms with Gasteiger partial charge in [0.05, 0.1) is 6.10 Å². The Bertz CT molecular complexity index is 164. The van der Waals surface area contributed by atoms with Gasteiger partial charge in [-0.3, -0.25) is 0 Å². The van der Waals surface area contributed by atoms with E-state index >= 15 is 0 Å². The van der Waals surface area contributed by atoms with E-state index in [1.807, 2.05) is 0 Å². The van der Waals surface area contributed by atoms with E-state index in [0.29, 0.717) is 5.92 Å². The first-order valence-corrected chi connectivity index (χ1v) is 4.82. The van der Waals surface area contributed by atoms with Gasteiger partial charge in [-0.2, -0.15) is 0 Å². The van der Waals surface area contributed by atoms with Crippen molar-refractivity contribution >= 4 is 0 Å². The molecule has 4 unspecified atom stereocenters. The van der Waals surface area contributed by atoms with Crippen LogP contribution < -0.4 is 0 Å². The summed E-state index contributed by atoms with van der Waals surface area (Å²) in [6.07, 6.45) is 5.12. The minimum atomic E-state index is 0.00579. The lowest BCUT2D eigenvalue weighted by molar-refractivity contribution is -0.0309. The molecule has 0 aromatic heterocycles. The molecule has 4 atom stereocenters. The molecule has 0 amide bonds. The van der Waals surface area contributed by atoms with Crippen LogP contribution in [-0.4, -0.2) is 11.2 Å². The molecule has 64 valence electrons. The highest BCUT2D eigenvalue weighted by Crippen LogP contribution is 2.53. The minimum Gasteiger partial charge on any atom is -0.392 e. The Morgan fingerprint density at radius 3 is 2.64 bits per heavy atom. The fourth-order valence-electron chi connectivity index (χ4n) is 2.97. The summed E-state index contributed by atoms with van der Waals surface area (Å²) in [7, 11) is 0. The normalized spacial score (nSPS) is 56.5. The summed E-state index contributed by atoms with van der Waals surface area (Å²) in [5.41, 5.74) is 0.267. The van der Waals surface area contributed by atoms with Crippen LogP contribution in [0.25, 0.3) is 0 Å². The van der Waals surface area contributed by atoms with Gasteiger partial charge in [-0.05, 0) is 42.9 Å². The molecule has 2 aliphatic carbocycles. The molecule has 2 rings (SSSR count). The van der Waals surface area contributed by atoms with Crippen molar-refractivity contribution in [2.75, 3.05) is 0 Å². The molecule has 0 saturated heterocycles. The Morgan fingerprint density at radius 1 is 1.27 bits per heavy atom. The Balaban J connectivity index is 2.26. The lowest BCUT2D eigenvalue weighted by Crippen LogP contribution is -2.40. The van der Waals surface area contributed by atoms with Gasteiger partial charge in [0, 0.05) is 0 Å². The highest BCUT2D eigenvalue weighted by molar-refractivity contribution is 5.00. The molecule has 2 fully saturated rings. The summed E-state index contributed by atoms with van der Waals surface area (Å²) in [4.78, 5) is 0. The summed E-state index contributed by atoms with van der Waals surface area (Å²) in [5.74, 6) is 1.37. The molecule has 2 bridgehead atoms. The number of rotatable bonds is 0. The molecular weight excluding hydrogens is 136 g/mol. The van der Waals surface area contributed by atoms with E-state index in [4.69, 9.17) is 0 Å². The average molecular weight is 154 g/mol. The molecule has 1 heteroatoms. The van der Waals surface area contributed by atoms with Gasteiger partial charge in [0.15, 0.2) is 0 Å². The predicted octanol–water partition coefficient (Wildman–Crippen LogP) is 2.19. The van der Waals surface area contributed by atoms with Crippen LogP contribution in [0.5, 0.6) is 0 Å². The van der Waals surface area contributed by atoms with Crippen LogP contribution in [0.15, 0.2) is 0 Å². The largest absolute Gasteiger partial charge is 0.392 e. The van der Waals surface area contributed by atoms with E-state index < -0.39 is 0 Å². The Labute approximate surface area is 68.8 Å². The summed E-state index contributed by atoms with van der Waals surface area (Å²) in [5, 5.41) is 9.94. The monoisotopic (exact) mass is 154 g/mol. The Morgan fingerprint density at radius 2 is 2.00 bits per heavy atom. The van der Waals surface area contributed by atoms with Gasteiger partial charge in [0.25, 0.3) is 0 Å². The van der Waals surface area contributed by atoms with Crippen molar-refractivity contribution in [2.45, 2.75) is 45.6 Å². The number of aliphatic hydroxyl groups is 1. The molecule has 0 aromatic rings. The lowest BCUT2D eigenvalue weighted by atomic mass is 9.68. The zero-order valence-electron chi connectivity index (χ0n) is 7.51. The molecule has 2 saturated carbocycles. The molecule has 0 radical (unpaired) electrons. The first-order valence-electron chi connectivity index (χ1n) is 4.82. The standard InChI is InChI=1S/C10H18O/c1-7-3-4-8-5-6-10(7,2)9(8)11/h7-9,11H,3-6H2,1-2H3. The zero-order valence-corrected chi connectivity index (χ0v) is 7.51. The van der Waals surface area contributed by atoms with E-state index in [0.717, 1.165) is 5.92 Å². The van der Waals surface area contributed by atoms with Crippen molar-refractivity contribution in [2.24, 2.45) is 17.3 Å². The highest BCUT2D eigenvalue weighted by atomic mass is 16.3. The van der Waals surface area contributed by atoms with Crippen LogP contribution in [0.3, 0.4) is 0 Å². The average Bonchev–Trinajstić information content (AvgIpc) is 2.16. The van der Waals surface area contributed by atoms with E-state index in [1.165, 1.54) is 25.7 Å². The lowest BCUT2D eigenvalue weighted by Gasteiger charge is -2.40. The van der Waals surface area contributed by atoms with Crippen LogP contribution in [0.4, 0.5) is 0 Å². The third kappa shape index (κ3) is 0.868.